The molecule has 3 amide bonds. The molecule has 1 fully saturated rings. The minimum Gasteiger partial charge on any atom is -0.350 e. The summed E-state index contributed by atoms with van der Waals surface area (Å²) >= 11 is 0. The van der Waals surface area contributed by atoms with Crippen LogP contribution in [0.3, 0.4) is 0 Å². The Morgan fingerprint density at radius 3 is 2.54 bits per heavy atom. The minimum atomic E-state index is -0.241. The minimum absolute atomic E-state index is 0.0322. The summed E-state index contributed by atoms with van der Waals surface area (Å²) in [5, 5.41) is 5.41. The molecule has 0 aromatic heterocycles. The standard InChI is InChI=1S/C20H29N3O3/c1-3-15(2)19(25)22-14-18(24)21-13-16-8-7-9-17(12-16)20(26)23-10-5-4-6-11-23/h7-9,12,15H,3-6,10-11,13-14H2,1-2H3,(H,21,24)(H,22,25). The first-order chi connectivity index (χ1) is 12.5. The van der Waals surface area contributed by atoms with Gasteiger partial charge in [0.15, 0.2) is 0 Å². The van der Waals surface area contributed by atoms with Crippen LogP contribution in [0.1, 0.15) is 55.5 Å². The second kappa shape index (κ2) is 9.94. The number of piperidine rings is 1. The van der Waals surface area contributed by atoms with Gasteiger partial charge in [0, 0.05) is 31.1 Å². The molecule has 1 unspecified atom stereocenters. The Morgan fingerprint density at radius 1 is 1.12 bits per heavy atom. The number of carbonyl (C=O) groups is 3. The molecule has 6 nitrogen and oxygen atoms in total. The average molecular weight is 359 g/mol. The summed E-state index contributed by atoms with van der Waals surface area (Å²) in [6.45, 7) is 5.70. The third-order valence-electron chi connectivity index (χ3n) is 4.79. The highest BCUT2D eigenvalue weighted by Crippen LogP contribution is 2.14. The van der Waals surface area contributed by atoms with Crippen LogP contribution in [-0.4, -0.2) is 42.3 Å². The fourth-order valence-corrected chi connectivity index (χ4v) is 2.88. The van der Waals surface area contributed by atoms with Gasteiger partial charge in [0.25, 0.3) is 5.91 Å². The molecule has 1 aliphatic rings. The van der Waals surface area contributed by atoms with E-state index in [0.717, 1.165) is 37.9 Å². The van der Waals surface area contributed by atoms with Crippen LogP contribution in [0.25, 0.3) is 0 Å². The number of hydrogen-bond acceptors (Lipinski definition) is 3. The van der Waals surface area contributed by atoms with Gasteiger partial charge in [-0.15, -0.1) is 0 Å². The lowest BCUT2D eigenvalue weighted by Gasteiger charge is -2.26. The molecule has 26 heavy (non-hydrogen) atoms. The van der Waals surface area contributed by atoms with E-state index in [2.05, 4.69) is 10.6 Å². The summed E-state index contributed by atoms with van der Waals surface area (Å²) in [4.78, 5) is 38.0. The van der Waals surface area contributed by atoms with Gasteiger partial charge >= 0.3 is 0 Å². The molecule has 6 heteroatoms. The van der Waals surface area contributed by atoms with E-state index < -0.39 is 0 Å². The zero-order valence-electron chi connectivity index (χ0n) is 15.7. The summed E-state index contributed by atoms with van der Waals surface area (Å²) in [6.07, 6.45) is 4.04. The molecular weight excluding hydrogens is 330 g/mol. The van der Waals surface area contributed by atoms with Crippen molar-refractivity contribution in [1.29, 1.82) is 0 Å². The van der Waals surface area contributed by atoms with E-state index in [0.29, 0.717) is 12.1 Å². The molecule has 142 valence electrons. The van der Waals surface area contributed by atoms with Gasteiger partial charge in [-0.2, -0.15) is 0 Å². The summed E-state index contributed by atoms with van der Waals surface area (Å²) in [6, 6.07) is 7.36. The Balaban J connectivity index is 1.83. The van der Waals surface area contributed by atoms with Gasteiger partial charge in [-0.05, 0) is 43.4 Å². The van der Waals surface area contributed by atoms with E-state index in [-0.39, 0.29) is 30.2 Å². The smallest absolute Gasteiger partial charge is 0.253 e. The van der Waals surface area contributed by atoms with Crippen LogP contribution < -0.4 is 10.6 Å². The quantitative estimate of drug-likeness (QED) is 0.782. The molecule has 1 atom stereocenters. The number of hydrogen-bond donors (Lipinski definition) is 2. The molecular formula is C20H29N3O3. The molecule has 0 aliphatic carbocycles. The average Bonchev–Trinajstić information content (AvgIpc) is 2.70. The summed E-state index contributed by atoms with van der Waals surface area (Å²) in [7, 11) is 0. The third kappa shape index (κ3) is 5.86. The lowest BCUT2D eigenvalue weighted by Crippen LogP contribution is -2.38. The van der Waals surface area contributed by atoms with Crippen LogP contribution in [0.4, 0.5) is 0 Å². The fraction of sp³-hybridized carbons (Fsp3) is 0.550. The summed E-state index contributed by atoms with van der Waals surface area (Å²) < 4.78 is 0. The Kier molecular flexibility index (Phi) is 7.63. The first-order valence-electron chi connectivity index (χ1n) is 9.44. The number of rotatable bonds is 7. The van der Waals surface area contributed by atoms with Crippen LogP contribution in [-0.2, 0) is 16.1 Å². The molecule has 2 rings (SSSR count). The molecule has 0 saturated carbocycles. The highest BCUT2D eigenvalue weighted by atomic mass is 16.2. The normalized spacial score (nSPS) is 15.2. The number of benzene rings is 1. The van der Waals surface area contributed by atoms with E-state index in [1.807, 2.05) is 43.0 Å². The number of likely N-dealkylation sites (tertiary alicyclic amines) is 1. The Morgan fingerprint density at radius 2 is 1.85 bits per heavy atom. The van der Waals surface area contributed by atoms with E-state index in [1.54, 1.807) is 0 Å². The van der Waals surface area contributed by atoms with Crippen molar-refractivity contribution in [3.63, 3.8) is 0 Å². The Labute approximate surface area is 155 Å². The van der Waals surface area contributed by atoms with Crippen LogP contribution in [0, 0.1) is 5.92 Å². The van der Waals surface area contributed by atoms with Crippen molar-refractivity contribution >= 4 is 17.7 Å². The van der Waals surface area contributed by atoms with Crippen molar-refractivity contribution in [2.75, 3.05) is 19.6 Å². The molecule has 2 N–H and O–H groups in total. The van der Waals surface area contributed by atoms with Gasteiger partial charge in [-0.1, -0.05) is 26.0 Å². The highest BCUT2D eigenvalue weighted by Gasteiger charge is 2.18. The maximum atomic E-state index is 12.6. The van der Waals surface area contributed by atoms with Crippen LogP contribution in [0.5, 0.6) is 0 Å². The van der Waals surface area contributed by atoms with Crippen LogP contribution in [0.15, 0.2) is 24.3 Å². The Hall–Kier alpha value is -2.37. The van der Waals surface area contributed by atoms with Gasteiger partial charge in [-0.3, -0.25) is 14.4 Å². The maximum absolute atomic E-state index is 12.6. The predicted molar refractivity (Wildman–Crippen MR) is 101 cm³/mol. The zero-order valence-corrected chi connectivity index (χ0v) is 15.7. The molecule has 0 radical (unpaired) electrons. The van der Waals surface area contributed by atoms with E-state index >= 15 is 0 Å². The molecule has 1 saturated heterocycles. The summed E-state index contributed by atoms with van der Waals surface area (Å²) in [5.74, 6) is -0.398. The summed E-state index contributed by atoms with van der Waals surface area (Å²) in [5.41, 5.74) is 1.53. The monoisotopic (exact) mass is 359 g/mol. The number of nitrogens with zero attached hydrogens (tertiary/aromatic N) is 1. The lowest BCUT2D eigenvalue weighted by atomic mass is 10.1. The van der Waals surface area contributed by atoms with E-state index in [1.165, 1.54) is 6.42 Å². The van der Waals surface area contributed by atoms with Crippen LogP contribution >= 0.6 is 0 Å². The van der Waals surface area contributed by atoms with Crippen LogP contribution in [0.2, 0.25) is 0 Å². The first kappa shape index (κ1) is 19.9. The first-order valence-corrected chi connectivity index (χ1v) is 9.44. The van der Waals surface area contributed by atoms with Crippen molar-refractivity contribution in [3.8, 4) is 0 Å². The molecule has 0 bridgehead atoms. The molecule has 1 aromatic rings. The topological polar surface area (TPSA) is 78.5 Å². The molecule has 1 heterocycles. The fourth-order valence-electron chi connectivity index (χ4n) is 2.88. The second-order valence-electron chi connectivity index (χ2n) is 6.86. The lowest BCUT2D eigenvalue weighted by molar-refractivity contribution is -0.128. The number of carbonyl (C=O) groups excluding carboxylic acids is 3. The van der Waals surface area contributed by atoms with Crippen molar-refractivity contribution in [2.45, 2.75) is 46.1 Å². The number of nitrogens with one attached hydrogen (secondary N) is 2. The highest BCUT2D eigenvalue weighted by molar-refractivity contribution is 5.94. The SMILES string of the molecule is CCC(C)C(=O)NCC(=O)NCc1cccc(C(=O)N2CCCCC2)c1. The van der Waals surface area contributed by atoms with E-state index in [9.17, 15) is 14.4 Å². The van der Waals surface area contributed by atoms with Gasteiger partial charge in [-0.25, -0.2) is 0 Å². The Bertz CT molecular complexity index is 639. The van der Waals surface area contributed by atoms with Crippen molar-refractivity contribution in [2.24, 2.45) is 5.92 Å². The van der Waals surface area contributed by atoms with Gasteiger partial charge in [0.2, 0.25) is 11.8 Å². The third-order valence-corrected chi connectivity index (χ3v) is 4.79. The molecule has 1 aromatic carbocycles. The molecule has 1 aliphatic heterocycles. The zero-order chi connectivity index (χ0) is 18.9. The maximum Gasteiger partial charge on any atom is 0.253 e. The number of amides is 3. The second-order valence-corrected chi connectivity index (χ2v) is 6.86. The predicted octanol–water partition coefficient (Wildman–Crippen LogP) is 2.09. The van der Waals surface area contributed by atoms with Crippen molar-refractivity contribution in [3.05, 3.63) is 35.4 Å². The van der Waals surface area contributed by atoms with Crippen molar-refractivity contribution < 1.29 is 14.4 Å². The van der Waals surface area contributed by atoms with Crippen molar-refractivity contribution in [1.82, 2.24) is 15.5 Å². The van der Waals surface area contributed by atoms with Gasteiger partial charge in [0.05, 0.1) is 6.54 Å². The van der Waals surface area contributed by atoms with E-state index in [4.69, 9.17) is 0 Å². The molecule has 0 spiro atoms. The van der Waals surface area contributed by atoms with Gasteiger partial charge < -0.3 is 15.5 Å². The largest absolute Gasteiger partial charge is 0.350 e. The van der Waals surface area contributed by atoms with Gasteiger partial charge in [0.1, 0.15) is 0 Å².